The van der Waals surface area contributed by atoms with Crippen LogP contribution in [0.5, 0.6) is 5.75 Å². The molecule has 22 N–H and O–H groups in total. The number of aliphatic hydroxyl groups is 2. The molecule has 15 atom stereocenters. The van der Waals surface area contributed by atoms with E-state index in [1.54, 1.807) is 82.4 Å². The third-order valence-electron chi connectivity index (χ3n) is 23.4. The number of carbonyl (C=O) groups excluding carboxylic acids is 14. The molecular weight excluding hydrogens is 1970 g/mol. The topological polar surface area (TPSA) is 647 Å². The van der Waals surface area contributed by atoms with E-state index in [1.165, 1.54) is 90.9 Å². The van der Waals surface area contributed by atoms with Crippen LogP contribution in [0.25, 0.3) is 33.4 Å². The van der Waals surface area contributed by atoms with Gasteiger partial charge in [-0.1, -0.05) is 119 Å². The van der Waals surface area contributed by atoms with E-state index in [-0.39, 0.29) is 133 Å². The Balaban J connectivity index is 0.000000317. The van der Waals surface area contributed by atoms with Crippen LogP contribution in [0.15, 0.2) is 141 Å². The molecule has 45 heteroatoms. The van der Waals surface area contributed by atoms with E-state index in [2.05, 4.69) is 89.1 Å². The van der Waals surface area contributed by atoms with E-state index in [9.17, 15) is 107 Å². The van der Waals surface area contributed by atoms with Gasteiger partial charge in [-0.15, -0.1) is 0 Å². The second-order valence-electron chi connectivity index (χ2n) is 35.5. The number of likely N-dealkylation sites (N-methyl/N-ethyl adjacent to an activating group) is 1. The number of H-pyrrole nitrogens is 2. The van der Waals surface area contributed by atoms with Crippen molar-refractivity contribution in [2.45, 2.75) is 211 Å². The molecule has 5 aliphatic rings. The predicted octanol–water partition coefficient (Wildman–Crippen LogP) is 4.34. The monoisotopic (exact) mass is 2090 g/mol. The lowest BCUT2D eigenvalue weighted by Crippen LogP contribution is -2.61. The molecule has 2 aromatic heterocycles. The first kappa shape index (κ1) is 110. The number of nitrogens with zero attached hydrogens (tertiary/aromatic N) is 3. The van der Waals surface area contributed by atoms with Gasteiger partial charge >= 0.3 is 18.0 Å². The molecule has 14 amide bonds. The average molecular weight is 2090 g/mol. The summed E-state index contributed by atoms with van der Waals surface area (Å²) in [7, 11) is 3.72. The molecule has 5 heterocycles. The molecule has 754 valence electrons. The molecular formula is C95H122IN19O23S2. The second-order valence-corrected chi connectivity index (χ2v) is 39.2. The fourth-order valence-corrected chi connectivity index (χ4v) is 19.1. The molecule has 0 saturated carbocycles. The van der Waals surface area contributed by atoms with Crippen LogP contribution in [0.3, 0.4) is 0 Å². The number of nitrogens with two attached hydrogens (primary N) is 1. The number of nitrogens with one attached hydrogen (secondary N) is 15. The maximum absolute atomic E-state index is 14.6. The van der Waals surface area contributed by atoms with Crippen molar-refractivity contribution < 1.29 is 107 Å². The first-order chi connectivity index (χ1) is 66.6. The summed E-state index contributed by atoms with van der Waals surface area (Å²) in [6, 6.07) is 7.66. The number of allylic oxidation sites excluding steroid dienone is 3. The number of aliphatic carboxylic acids is 1. The third-order valence-corrected chi connectivity index (χ3v) is 26.9. The molecule has 3 unspecified atom stereocenters. The largest absolute Gasteiger partial charge is 0.508 e. The number of benzene rings is 4. The molecule has 0 radical (unpaired) electrons. The minimum atomic E-state index is -1.80. The minimum absolute atomic E-state index is 0.0256. The summed E-state index contributed by atoms with van der Waals surface area (Å²) in [6.45, 7) is 13.5. The summed E-state index contributed by atoms with van der Waals surface area (Å²) in [5.41, 5.74) is 8.47. The lowest BCUT2D eigenvalue weighted by atomic mass is 9.90. The molecule has 5 aromatic rings. The molecule has 140 heavy (non-hydrogen) atoms. The van der Waals surface area contributed by atoms with E-state index in [1.807, 2.05) is 49.4 Å². The quantitative estimate of drug-likeness (QED) is 0.0111. The molecule has 10 rings (SSSR count). The number of ketones is 1. The first-order valence-corrected chi connectivity index (χ1v) is 49.4. The zero-order valence-electron chi connectivity index (χ0n) is 78.8. The number of Topliss-reactive ketones (excluding diaryl/α,β-unsaturated/α-hetero) is 1. The highest BCUT2D eigenvalue weighted by atomic mass is 127. The zero-order chi connectivity index (χ0) is 102. The van der Waals surface area contributed by atoms with Gasteiger partial charge in [0.25, 0.3) is 0 Å². The molecule has 2 aliphatic carbocycles. The molecule has 42 nitrogen and oxygen atoms in total. The number of amides is 14. The lowest BCUT2D eigenvalue weighted by Gasteiger charge is -2.30. The van der Waals surface area contributed by atoms with Gasteiger partial charge < -0.3 is 120 Å². The van der Waals surface area contributed by atoms with E-state index < -0.39 is 192 Å². The lowest BCUT2D eigenvalue weighted by molar-refractivity contribution is -0.142. The van der Waals surface area contributed by atoms with Gasteiger partial charge in [0.15, 0.2) is 11.2 Å². The second kappa shape index (κ2) is 53.2. The molecule has 3 aliphatic heterocycles. The van der Waals surface area contributed by atoms with Gasteiger partial charge in [-0.05, 0) is 152 Å². The Hall–Kier alpha value is -13.3. The van der Waals surface area contributed by atoms with E-state index >= 15 is 0 Å². The van der Waals surface area contributed by atoms with Gasteiger partial charge in [0, 0.05) is 122 Å². The molecule has 2 fully saturated rings. The van der Waals surface area contributed by atoms with Gasteiger partial charge in [0.1, 0.15) is 83.1 Å². The SMILES string of the molecule is CCC(C)[C@H](NC(=O)[C@H](Cc1cnc[nH]1)NC(=O)[C@@H]1CSSC[C@H](C)C(=O)N2CC(O)C[C@H]2C(=O)N[C@@H](CC2C=C(I)C(O)=CC2)C(=O)N[C@@H](CC(=O)O)C(=O)N[C@@H](CC(C)C)C(=O)N1)C(=O)N[C@@H](CC(C)C)C(C)=O.CNC(=O)[C@H](Cc1ncc[nH]1)NC(=O)[C@H](Cc1ccccc1)NC(=O)CNC(=O)[C@H](N)CCCCNC(=O)Nc1ccc(-c2c3ccc(=O)cc-3oc3cc(O)ccc23)c(C(=O)O)c1. The molecule has 0 spiro atoms. The van der Waals surface area contributed by atoms with Crippen LogP contribution in [-0.4, -0.2) is 256 Å². The number of aromatic carboxylic acids is 1. The number of anilines is 1. The Bertz CT molecular complexity index is 5670. The molecule has 2 saturated heterocycles. The van der Waals surface area contributed by atoms with Gasteiger partial charge in [0.05, 0.1) is 46.6 Å². The summed E-state index contributed by atoms with van der Waals surface area (Å²) in [5.74, 6) is -12.9. The van der Waals surface area contributed by atoms with Crippen LogP contribution in [0.2, 0.25) is 0 Å². The summed E-state index contributed by atoms with van der Waals surface area (Å²) in [6.07, 6.45) is 9.09. The number of carboxylic acid groups (broad SMARTS) is 2. The van der Waals surface area contributed by atoms with Crippen molar-refractivity contribution in [3.05, 3.63) is 164 Å². The summed E-state index contributed by atoms with van der Waals surface area (Å²) < 4.78 is 6.36. The highest BCUT2D eigenvalue weighted by Gasteiger charge is 2.44. The number of rotatable bonds is 38. The number of fused-ring (bicyclic) bond motifs is 3. The van der Waals surface area contributed by atoms with Gasteiger partial charge in [-0.25, -0.2) is 19.6 Å². The Morgan fingerprint density at radius 1 is 0.700 bits per heavy atom. The number of phenols is 1. The number of hydrogen-bond acceptors (Lipinski definition) is 26. The van der Waals surface area contributed by atoms with Gasteiger partial charge in [-0.2, -0.15) is 0 Å². The summed E-state index contributed by atoms with van der Waals surface area (Å²) >= 11 is 1.92. The number of hydrogen-bond donors (Lipinski definition) is 21. The number of urea groups is 1. The number of imidazole rings is 2. The first-order valence-electron chi connectivity index (χ1n) is 45.9. The molecule has 3 aromatic carbocycles. The van der Waals surface area contributed by atoms with Crippen LogP contribution in [0, 0.1) is 29.6 Å². The van der Waals surface area contributed by atoms with Crippen molar-refractivity contribution in [2.24, 2.45) is 35.3 Å². The zero-order valence-corrected chi connectivity index (χ0v) is 82.6. The number of aromatic hydroxyl groups is 1. The van der Waals surface area contributed by atoms with Gasteiger partial charge in [0.2, 0.25) is 70.9 Å². The summed E-state index contributed by atoms with van der Waals surface area (Å²) in [5, 5.41) is 86.1. The predicted molar refractivity (Wildman–Crippen MR) is 528 cm³/mol. The minimum Gasteiger partial charge on any atom is -0.508 e. The van der Waals surface area contributed by atoms with E-state index in [4.69, 9.17) is 10.2 Å². The Kier molecular flexibility index (Phi) is 41.9. The van der Waals surface area contributed by atoms with Crippen molar-refractivity contribution in [3.63, 3.8) is 0 Å². The number of carboxylic acids is 2. The number of unbranched alkanes of at least 4 members (excludes halogenated alkanes) is 1. The number of aliphatic hydroxyl groups excluding tert-OH is 2. The van der Waals surface area contributed by atoms with Crippen molar-refractivity contribution in [1.82, 2.24) is 88.6 Å². The Labute approximate surface area is 828 Å². The van der Waals surface area contributed by atoms with Crippen LogP contribution in [-0.2, 0) is 86.4 Å². The standard InChI is InChI=1S/C50H75IN10O13S2.C45H47N9O10/c1-9-26(6)42(49(73)54-33(28(8)62)12-24(2)3)60-46(70)36(16-30-19-52-23-53-30)56-47(71)38-22-76-75-21-27(7)50(74)61-20-31(63)17-39(61)48(72)58-35(15-29-10-11-40(64)32(51)14-29)44(68)57-37(18-41(65)66)45(69)55-34(13-25(4)5)43(67)59-38;1-47-42(59)35(23-38-48-17-18-49-38)54-43(60)34(19-25-7-3-2-4-8-25)53-39(57)24-51-41(58)33(46)9-5-6-16-50-45(63)52-26-10-13-29(32(20-26)44(61)62)40-30-14-11-27(55)21-36(30)64-37-22-28(56)12-15-31(37)40/h11,14,19,23-27,29,31,33-39,42,63-64H,9-10,12-13,15-18,20-22H2,1-8H3,(H,52,53)(H,54,73)(H,55,69)(H,56,71)(H,57,68)(H,58,72)(H,59,67)(H,60,70)(H,65,66);2-4,7-8,10-15,17-18,20-22,33-35,55H,5-6,9,16,19,23-24,46H2,1H3,(H,47,59)(H,48,49)(H,51,58)(H,53,57)(H,54,60)(H,61,62)(H2,50,52,63)/t26?,27-,29?,31?,33-,34-,35-,36-,37-,38-,39-,42-;33-,34+,35+/m01/s1. The Morgan fingerprint density at radius 3 is 2.04 bits per heavy atom. The number of aromatic nitrogens is 4. The average Bonchev–Trinajstić information content (AvgIpc) is 0.828. The highest BCUT2D eigenvalue weighted by Crippen LogP contribution is 2.43. The fourth-order valence-electron chi connectivity index (χ4n) is 15.8. The smallest absolute Gasteiger partial charge is 0.336 e. The van der Waals surface area contributed by atoms with Crippen LogP contribution in [0.4, 0.5) is 10.5 Å². The van der Waals surface area contributed by atoms with Crippen LogP contribution >= 0.6 is 44.2 Å². The number of carbonyl (C=O) groups is 16. The van der Waals surface area contributed by atoms with Crippen molar-refractivity contribution in [2.75, 3.05) is 43.5 Å². The van der Waals surface area contributed by atoms with Crippen molar-refractivity contribution >= 4 is 155 Å². The molecule has 0 bridgehead atoms. The number of aromatic amines is 2. The summed E-state index contributed by atoms with van der Waals surface area (Å²) in [4.78, 5) is 243. The maximum Gasteiger partial charge on any atom is 0.336 e. The maximum atomic E-state index is 14.6. The van der Waals surface area contributed by atoms with Crippen molar-refractivity contribution in [3.8, 4) is 28.2 Å². The normalized spacial score (nSPS) is 19.8. The van der Waals surface area contributed by atoms with E-state index in [0.717, 1.165) is 16.4 Å². The number of phenolic OH excluding ortho intramolecular Hbond substituents is 1. The Morgan fingerprint density at radius 2 is 1.38 bits per heavy atom. The van der Waals surface area contributed by atoms with Crippen LogP contribution < -0.4 is 80.3 Å². The number of halogens is 1. The third kappa shape index (κ3) is 32.9. The van der Waals surface area contributed by atoms with E-state index in [0.29, 0.717) is 62.9 Å². The van der Waals surface area contributed by atoms with Gasteiger partial charge in [-0.3, -0.25) is 71.9 Å². The highest BCUT2D eigenvalue weighted by molar-refractivity contribution is 14.1. The van der Waals surface area contributed by atoms with Crippen LogP contribution in [0.1, 0.15) is 147 Å². The van der Waals surface area contributed by atoms with Crippen molar-refractivity contribution in [1.29, 1.82) is 0 Å². The fraction of sp³-hybridized carbons (Fsp3) is 0.463.